The fourth-order valence-electron chi connectivity index (χ4n) is 4.22. The third-order valence-electron chi connectivity index (χ3n) is 5.85. The quantitative estimate of drug-likeness (QED) is 0.329. The Morgan fingerprint density at radius 1 is 1.18 bits per heavy atom. The van der Waals surface area contributed by atoms with Gasteiger partial charge in [-0.1, -0.05) is 23.9 Å². The van der Waals surface area contributed by atoms with Gasteiger partial charge in [-0.3, -0.25) is 14.2 Å². The van der Waals surface area contributed by atoms with E-state index in [2.05, 4.69) is 5.32 Å². The van der Waals surface area contributed by atoms with Gasteiger partial charge in [-0.25, -0.2) is 4.98 Å². The molecule has 1 unspecified atom stereocenters. The number of furan rings is 1. The molecule has 2 aliphatic heterocycles. The number of hydrogen-bond donors (Lipinski definition) is 1. The maximum absolute atomic E-state index is 13.4. The Kier molecular flexibility index (Phi) is 5.39. The van der Waals surface area contributed by atoms with E-state index in [9.17, 15) is 9.59 Å². The summed E-state index contributed by atoms with van der Waals surface area (Å²) in [7, 11) is 0. The molecule has 0 aliphatic carbocycles. The number of amides is 1. The third kappa shape index (κ3) is 3.88. The summed E-state index contributed by atoms with van der Waals surface area (Å²) in [5.74, 6) is 1.09. The zero-order chi connectivity index (χ0) is 23.1. The lowest BCUT2D eigenvalue weighted by Gasteiger charge is -2.15. The number of ether oxygens (including phenoxy) is 3. The molecule has 1 fully saturated rings. The Hall–Kier alpha value is -3.50. The first kappa shape index (κ1) is 21.1. The average Bonchev–Trinajstić information content (AvgIpc) is 3.59. The number of hydrogen-bond acceptors (Lipinski definition) is 8. The molecule has 4 aromatic rings. The van der Waals surface area contributed by atoms with Crippen LogP contribution in [0.4, 0.5) is 5.69 Å². The van der Waals surface area contributed by atoms with Crippen LogP contribution in [0.5, 0.6) is 11.5 Å². The van der Waals surface area contributed by atoms with Crippen molar-refractivity contribution in [2.24, 2.45) is 0 Å². The maximum atomic E-state index is 13.4. The first-order chi connectivity index (χ1) is 16.7. The van der Waals surface area contributed by atoms with Crippen LogP contribution < -0.4 is 20.3 Å². The molecule has 2 aromatic heterocycles. The Bertz CT molecular complexity index is 1460. The molecular formula is C24H21N3O6S. The van der Waals surface area contributed by atoms with E-state index in [1.165, 1.54) is 11.8 Å². The van der Waals surface area contributed by atoms with Crippen LogP contribution in [-0.4, -0.2) is 40.7 Å². The van der Waals surface area contributed by atoms with Crippen LogP contribution in [0.15, 0.2) is 56.8 Å². The zero-order valence-corrected chi connectivity index (χ0v) is 18.9. The number of thioether (sulfide) groups is 1. The molecule has 0 bridgehead atoms. The monoisotopic (exact) mass is 479 g/mol. The van der Waals surface area contributed by atoms with Gasteiger partial charge in [0.2, 0.25) is 18.3 Å². The molecule has 1 amide bonds. The van der Waals surface area contributed by atoms with Crippen molar-refractivity contribution < 1.29 is 23.4 Å². The summed E-state index contributed by atoms with van der Waals surface area (Å²) in [6, 6.07) is 12.6. The summed E-state index contributed by atoms with van der Waals surface area (Å²) in [5.41, 5.74) is 1.66. The van der Waals surface area contributed by atoms with Gasteiger partial charge < -0.3 is 23.9 Å². The summed E-state index contributed by atoms with van der Waals surface area (Å²) in [6.45, 7) is 1.22. The van der Waals surface area contributed by atoms with Crippen LogP contribution >= 0.6 is 11.8 Å². The largest absolute Gasteiger partial charge is 0.454 e. The minimum atomic E-state index is -0.268. The molecule has 1 N–H and O–H groups in total. The van der Waals surface area contributed by atoms with Crippen LogP contribution in [0.25, 0.3) is 22.1 Å². The SMILES string of the molecule is O=C(CSc1nc2c(oc3ccccc32)c(=O)n1CC1CCCO1)Nc1ccc2c(c1)OCO2. The van der Waals surface area contributed by atoms with E-state index >= 15 is 0 Å². The van der Waals surface area contributed by atoms with Crippen molar-refractivity contribution in [3.05, 3.63) is 52.8 Å². The van der Waals surface area contributed by atoms with Gasteiger partial charge in [-0.15, -0.1) is 0 Å². The molecular weight excluding hydrogens is 458 g/mol. The van der Waals surface area contributed by atoms with Gasteiger partial charge >= 0.3 is 0 Å². The van der Waals surface area contributed by atoms with Gasteiger partial charge in [0, 0.05) is 23.7 Å². The van der Waals surface area contributed by atoms with Gasteiger partial charge in [-0.2, -0.15) is 0 Å². The van der Waals surface area contributed by atoms with Crippen molar-refractivity contribution in [3.8, 4) is 11.5 Å². The smallest absolute Gasteiger partial charge is 0.297 e. The standard InChI is InChI=1S/C24H21N3O6S/c28-20(25-14-7-8-18-19(10-14)32-13-31-18)12-34-24-26-21-16-5-1-2-6-17(16)33-22(21)23(29)27(24)11-15-4-3-9-30-15/h1-2,5-8,10,15H,3-4,9,11-13H2,(H,25,28). The number of carbonyl (C=O) groups excluding carboxylic acids is 1. The number of fused-ring (bicyclic) bond motifs is 4. The van der Waals surface area contributed by atoms with Crippen molar-refractivity contribution in [1.82, 2.24) is 9.55 Å². The molecule has 0 spiro atoms. The number of carbonyl (C=O) groups is 1. The highest BCUT2D eigenvalue weighted by Crippen LogP contribution is 2.34. The second-order valence-corrected chi connectivity index (χ2v) is 9.07. The topological polar surface area (TPSA) is 105 Å². The maximum Gasteiger partial charge on any atom is 0.297 e. The fourth-order valence-corrected chi connectivity index (χ4v) is 5.02. The second kappa shape index (κ2) is 8.69. The fraction of sp³-hybridized carbons (Fsp3) is 0.292. The lowest BCUT2D eigenvalue weighted by atomic mass is 10.2. The minimum Gasteiger partial charge on any atom is -0.454 e. The van der Waals surface area contributed by atoms with Crippen molar-refractivity contribution in [2.75, 3.05) is 24.5 Å². The van der Waals surface area contributed by atoms with Gasteiger partial charge in [0.05, 0.1) is 18.4 Å². The lowest BCUT2D eigenvalue weighted by Crippen LogP contribution is -2.29. The molecule has 0 radical (unpaired) electrons. The summed E-state index contributed by atoms with van der Waals surface area (Å²) < 4.78 is 23.8. The van der Waals surface area contributed by atoms with Crippen molar-refractivity contribution in [2.45, 2.75) is 30.6 Å². The van der Waals surface area contributed by atoms with E-state index in [-0.39, 0.29) is 35.7 Å². The number of benzene rings is 2. The molecule has 0 saturated carbocycles. The Morgan fingerprint density at radius 2 is 2.06 bits per heavy atom. The van der Waals surface area contributed by atoms with Crippen LogP contribution in [0.3, 0.4) is 0 Å². The first-order valence-corrected chi connectivity index (χ1v) is 12.0. The molecule has 1 atom stereocenters. The van der Waals surface area contributed by atoms with E-state index < -0.39 is 0 Å². The number of anilines is 1. The number of nitrogens with one attached hydrogen (secondary N) is 1. The van der Waals surface area contributed by atoms with E-state index in [0.29, 0.717) is 46.6 Å². The molecule has 34 heavy (non-hydrogen) atoms. The Morgan fingerprint density at radius 3 is 2.94 bits per heavy atom. The first-order valence-electron chi connectivity index (χ1n) is 11.0. The lowest BCUT2D eigenvalue weighted by molar-refractivity contribution is -0.113. The van der Waals surface area contributed by atoms with Crippen LogP contribution in [-0.2, 0) is 16.1 Å². The normalized spacial score (nSPS) is 17.0. The second-order valence-electron chi connectivity index (χ2n) is 8.13. The number of para-hydroxylation sites is 1. The van der Waals surface area contributed by atoms with Crippen LogP contribution in [0.2, 0.25) is 0 Å². The highest BCUT2D eigenvalue weighted by molar-refractivity contribution is 7.99. The average molecular weight is 480 g/mol. The van der Waals surface area contributed by atoms with Gasteiger partial charge in [0.1, 0.15) is 11.1 Å². The van der Waals surface area contributed by atoms with Crippen molar-refractivity contribution in [1.29, 1.82) is 0 Å². The highest BCUT2D eigenvalue weighted by Gasteiger charge is 2.23. The third-order valence-corrected chi connectivity index (χ3v) is 6.82. The molecule has 6 rings (SSSR count). The van der Waals surface area contributed by atoms with Crippen molar-refractivity contribution in [3.63, 3.8) is 0 Å². The van der Waals surface area contributed by atoms with E-state index in [4.69, 9.17) is 23.6 Å². The van der Waals surface area contributed by atoms with Gasteiger partial charge in [-0.05, 0) is 37.1 Å². The van der Waals surface area contributed by atoms with Gasteiger partial charge in [0.15, 0.2) is 16.7 Å². The molecule has 4 heterocycles. The van der Waals surface area contributed by atoms with E-state index in [1.807, 2.05) is 24.3 Å². The Balaban J connectivity index is 1.29. The highest BCUT2D eigenvalue weighted by atomic mass is 32.2. The van der Waals surface area contributed by atoms with Crippen molar-refractivity contribution >= 4 is 45.4 Å². The summed E-state index contributed by atoms with van der Waals surface area (Å²) in [4.78, 5) is 30.8. The number of rotatable bonds is 6. The predicted octanol–water partition coefficient (Wildman–Crippen LogP) is 3.78. The zero-order valence-electron chi connectivity index (χ0n) is 18.1. The molecule has 2 aromatic carbocycles. The molecule has 1 saturated heterocycles. The molecule has 174 valence electrons. The minimum absolute atomic E-state index is 0.0665. The Labute approximate surface area is 198 Å². The number of nitrogens with zero attached hydrogens (tertiary/aromatic N) is 2. The van der Waals surface area contributed by atoms with E-state index in [0.717, 1.165) is 18.2 Å². The molecule has 2 aliphatic rings. The van der Waals surface area contributed by atoms with Crippen LogP contribution in [0, 0.1) is 0 Å². The summed E-state index contributed by atoms with van der Waals surface area (Å²) >= 11 is 1.21. The van der Waals surface area contributed by atoms with Crippen LogP contribution in [0.1, 0.15) is 12.8 Å². The molecule has 9 nitrogen and oxygen atoms in total. The predicted molar refractivity (Wildman–Crippen MR) is 127 cm³/mol. The molecule has 10 heteroatoms. The van der Waals surface area contributed by atoms with Gasteiger partial charge in [0.25, 0.3) is 5.56 Å². The number of aromatic nitrogens is 2. The summed E-state index contributed by atoms with van der Waals surface area (Å²) in [6.07, 6.45) is 1.77. The summed E-state index contributed by atoms with van der Waals surface area (Å²) in [5, 5.41) is 4.08. The van der Waals surface area contributed by atoms with E-state index in [1.54, 1.807) is 22.8 Å².